The molecule has 0 atom stereocenters. The fourth-order valence-electron chi connectivity index (χ4n) is 3.32. The molecular weight excluding hydrogens is 346 g/mol. The minimum atomic E-state index is -0.544. The van der Waals surface area contributed by atoms with Crippen LogP contribution in [0.15, 0.2) is 48.5 Å². The molecule has 0 unspecified atom stereocenters. The molecule has 1 fully saturated rings. The van der Waals surface area contributed by atoms with Gasteiger partial charge in [-0.15, -0.1) is 0 Å². The van der Waals surface area contributed by atoms with E-state index in [0.29, 0.717) is 0 Å². The van der Waals surface area contributed by atoms with E-state index < -0.39 is 4.92 Å². The molecule has 1 saturated heterocycles. The number of benzene rings is 2. The first-order valence-corrected chi connectivity index (χ1v) is 8.96. The summed E-state index contributed by atoms with van der Waals surface area (Å²) in [5.74, 6) is -0.145. The number of piperidine rings is 1. The summed E-state index contributed by atoms with van der Waals surface area (Å²) in [4.78, 5) is 25.4. The van der Waals surface area contributed by atoms with Crippen molar-refractivity contribution in [1.29, 1.82) is 0 Å². The zero-order valence-electron chi connectivity index (χ0n) is 15.3. The van der Waals surface area contributed by atoms with Gasteiger partial charge in [0.2, 0.25) is 0 Å². The average Bonchev–Trinajstić information content (AvgIpc) is 2.69. The topological polar surface area (TPSA) is 84.7 Å². The molecule has 0 spiro atoms. The van der Waals surface area contributed by atoms with Crippen molar-refractivity contribution in [2.45, 2.75) is 25.4 Å². The fraction of sp³-hybridized carbons (Fsp3) is 0.350. The molecule has 7 nitrogen and oxygen atoms in total. The van der Waals surface area contributed by atoms with Gasteiger partial charge >= 0.3 is 5.69 Å². The number of nitrogens with zero attached hydrogens (tertiary/aromatic N) is 2. The van der Waals surface area contributed by atoms with Crippen LogP contribution < -0.4 is 10.1 Å². The number of methoxy groups -OCH3 is 1. The van der Waals surface area contributed by atoms with Gasteiger partial charge in [0, 0.05) is 37.3 Å². The summed E-state index contributed by atoms with van der Waals surface area (Å²) in [7, 11) is 1.37. The monoisotopic (exact) mass is 369 g/mol. The van der Waals surface area contributed by atoms with Crippen molar-refractivity contribution in [2.24, 2.45) is 0 Å². The zero-order chi connectivity index (χ0) is 19.2. The highest BCUT2D eigenvalue weighted by atomic mass is 16.6. The van der Waals surface area contributed by atoms with Crippen LogP contribution in [0.25, 0.3) is 0 Å². The predicted octanol–water partition coefficient (Wildman–Crippen LogP) is 3.00. The van der Waals surface area contributed by atoms with Gasteiger partial charge in [0.1, 0.15) is 0 Å². The molecule has 1 heterocycles. The molecule has 0 radical (unpaired) electrons. The normalized spacial score (nSPS) is 15.3. The summed E-state index contributed by atoms with van der Waals surface area (Å²) in [5.41, 5.74) is 1.35. The van der Waals surface area contributed by atoms with Gasteiger partial charge in [-0.3, -0.25) is 19.8 Å². The molecule has 0 aliphatic carbocycles. The number of rotatable bonds is 6. The third-order valence-corrected chi connectivity index (χ3v) is 4.81. The number of likely N-dealkylation sites (tertiary alicyclic amines) is 1. The molecule has 1 aliphatic heterocycles. The molecule has 1 aliphatic rings. The number of carbonyl (C=O) groups is 1. The Bertz CT molecular complexity index is 802. The number of amides is 1. The van der Waals surface area contributed by atoms with E-state index in [-0.39, 0.29) is 28.9 Å². The average molecular weight is 369 g/mol. The molecular formula is C20H23N3O4. The number of hydrogen-bond donors (Lipinski definition) is 1. The van der Waals surface area contributed by atoms with Crippen LogP contribution in [0.3, 0.4) is 0 Å². The lowest BCUT2D eigenvalue weighted by Gasteiger charge is -2.32. The molecule has 7 heteroatoms. The number of nitrogens with one attached hydrogen (secondary N) is 1. The van der Waals surface area contributed by atoms with Crippen molar-refractivity contribution in [1.82, 2.24) is 10.2 Å². The lowest BCUT2D eigenvalue weighted by atomic mass is 10.0. The zero-order valence-corrected chi connectivity index (χ0v) is 15.3. The van der Waals surface area contributed by atoms with E-state index in [1.807, 2.05) is 18.2 Å². The Hall–Kier alpha value is -2.93. The Balaban J connectivity index is 1.55. The fourth-order valence-corrected chi connectivity index (χ4v) is 3.32. The molecule has 0 saturated carbocycles. The van der Waals surface area contributed by atoms with Gasteiger partial charge in [0.05, 0.1) is 12.0 Å². The molecule has 0 bridgehead atoms. The number of ether oxygens (including phenoxy) is 1. The second-order valence-electron chi connectivity index (χ2n) is 6.65. The maximum absolute atomic E-state index is 12.5. The summed E-state index contributed by atoms with van der Waals surface area (Å²) in [5, 5.41) is 14.1. The third kappa shape index (κ3) is 4.83. The summed E-state index contributed by atoms with van der Waals surface area (Å²) >= 11 is 0. The van der Waals surface area contributed by atoms with Crippen LogP contribution in [0.4, 0.5) is 5.69 Å². The van der Waals surface area contributed by atoms with Crippen LogP contribution in [0.5, 0.6) is 5.75 Å². The van der Waals surface area contributed by atoms with Crippen LogP contribution in [0, 0.1) is 10.1 Å². The largest absolute Gasteiger partial charge is 0.490 e. The SMILES string of the molecule is COc1ccc(C(=O)NC2CCN(Cc3ccccc3)CC2)cc1[N+](=O)[O-]. The maximum Gasteiger partial charge on any atom is 0.311 e. The van der Waals surface area contributed by atoms with Gasteiger partial charge in [0.25, 0.3) is 5.91 Å². The Labute approximate surface area is 158 Å². The van der Waals surface area contributed by atoms with Crippen molar-refractivity contribution in [3.8, 4) is 5.75 Å². The molecule has 2 aromatic rings. The number of carbonyl (C=O) groups excluding carboxylic acids is 1. The number of nitro groups is 1. The van der Waals surface area contributed by atoms with Crippen LogP contribution in [0.2, 0.25) is 0 Å². The summed E-state index contributed by atoms with van der Waals surface area (Å²) in [6.45, 7) is 2.72. The first kappa shape index (κ1) is 18.8. The molecule has 0 aromatic heterocycles. The standard InChI is InChI=1S/C20H23N3O4/c1-27-19-8-7-16(13-18(19)23(25)26)20(24)21-17-9-11-22(12-10-17)14-15-5-3-2-4-6-15/h2-8,13,17H,9-12,14H2,1H3,(H,21,24). The van der Waals surface area contributed by atoms with E-state index in [9.17, 15) is 14.9 Å². The van der Waals surface area contributed by atoms with Crippen LogP contribution in [-0.4, -0.2) is 42.0 Å². The van der Waals surface area contributed by atoms with Gasteiger partial charge in [0.15, 0.2) is 5.75 Å². The quantitative estimate of drug-likeness (QED) is 0.625. The van der Waals surface area contributed by atoms with Crippen molar-refractivity contribution < 1.29 is 14.5 Å². The highest BCUT2D eigenvalue weighted by Crippen LogP contribution is 2.27. The number of hydrogen-bond acceptors (Lipinski definition) is 5. The molecule has 1 amide bonds. The molecule has 27 heavy (non-hydrogen) atoms. The van der Waals surface area contributed by atoms with Crippen LogP contribution >= 0.6 is 0 Å². The predicted molar refractivity (Wildman–Crippen MR) is 102 cm³/mol. The van der Waals surface area contributed by atoms with Gasteiger partial charge < -0.3 is 10.1 Å². The van der Waals surface area contributed by atoms with E-state index in [1.165, 1.54) is 24.8 Å². The Morgan fingerprint density at radius 1 is 1.22 bits per heavy atom. The smallest absolute Gasteiger partial charge is 0.311 e. The first-order chi connectivity index (χ1) is 13.1. The minimum Gasteiger partial charge on any atom is -0.490 e. The summed E-state index contributed by atoms with van der Waals surface area (Å²) < 4.78 is 4.97. The highest BCUT2D eigenvalue weighted by Gasteiger charge is 2.23. The molecule has 3 rings (SSSR count). The lowest BCUT2D eigenvalue weighted by Crippen LogP contribution is -2.44. The number of nitro benzene ring substituents is 1. The Kier molecular flexibility index (Phi) is 6.03. The summed E-state index contributed by atoms with van der Waals surface area (Å²) in [6, 6.07) is 14.7. The molecule has 2 aromatic carbocycles. The van der Waals surface area contributed by atoms with Crippen molar-refractivity contribution in [2.75, 3.05) is 20.2 Å². The van der Waals surface area contributed by atoms with E-state index in [4.69, 9.17) is 4.74 Å². The highest BCUT2D eigenvalue weighted by molar-refractivity contribution is 5.95. The lowest BCUT2D eigenvalue weighted by molar-refractivity contribution is -0.385. The van der Waals surface area contributed by atoms with Crippen molar-refractivity contribution >= 4 is 11.6 Å². The second kappa shape index (κ2) is 8.64. The minimum absolute atomic E-state index is 0.0747. The van der Waals surface area contributed by atoms with Gasteiger partial charge in [-0.25, -0.2) is 0 Å². The Morgan fingerprint density at radius 2 is 1.93 bits per heavy atom. The summed E-state index contributed by atoms with van der Waals surface area (Å²) in [6.07, 6.45) is 1.72. The molecule has 1 N–H and O–H groups in total. The maximum atomic E-state index is 12.5. The van der Waals surface area contributed by atoms with E-state index in [2.05, 4.69) is 22.3 Å². The van der Waals surface area contributed by atoms with Gasteiger partial charge in [-0.1, -0.05) is 30.3 Å². The van der Waals surface area contributed by atoms with Gasteiger partial charge in [-0.05, 0) is 30.5 Å². The van der Waals surface area contributed by atoms with Crippen LogP contribution in [-0.2, 0) is 6.54 Å². The van der Waals surface area contributed by atoms with E-state index in [1.54, 1.807) is 6.07 Å². The van der Waals surface area contributed by atoms with Crippen LogP contribution in [0.1, 0.15) is 28.8 Å². The Morgan fingerprint density at radius 3 is 2.56 bits per heavy atom. The van der Waals surface area contributed by atoms with E-state index in [0.717, 1.165) is 32.5 Å². The second-order valence-corrected chi connectivity index (χ2v) is 6.65. The van der Waals surface area contributed by atoms with Crippen molar-refractivity contribution in [3.63, 3.8) is 0 Å². The van der Waals surface area contributed by atoms with Gasteiger partial charge in [-0.2, -0.15) is 0 Å². The first-order valence-electron chi connectivity index (χ1n) is 8.96. The molecule has 142 valence electrons. The van der Waals surface area contributed by atoms with Crippen molar-refractivity contribution in [3.05, 3.63) is 69.8 Å². The third-order valence-electron chi connectivity index (χ3n) is 4.81. The van der Waals surface area contributed by atoms with E-state index >= 15 is 0 Å².